The molecule has 0 aliphatic carbocycles. The van der Waals surface area contributed by atoms with E-state index in [9.17, 15) is 22.8 Å². The van der Waals surface area contributed by atoms with Crippen LogP contribution in [0.5, 0.6) is 0 Å². The minimum absolute atomic E-state index is 0.119. The Labute approximate surface area is 157 Å². The molecule has 1 amide bonds. The summed E-state index contributed by atoms with van der Waals surface area (Å²) < 4.78 is 46.1. The first-order valence-electron chi connectivity index (χ1n) is 7.59. The van der Waals surface area contributed by atoms with Crippen LogP contribution in [0, 0.1) is 6.92 Å². The van der Waals surface area contributed by atoms with Crippen LogP contribution in [0.3, 0.4) is 0 Å². The number of anilines is 1. The smallest absolute Gasteiger partial charge is 0.464 e. The minimum atomic E-state index is -5.22. The van der Waals surface area contributed by atoms with Gasteiger partial charge >= 0.3 is 17.8 Å². The Bertz CT molecular complexity index is 843. The topological polar surface area (TPSA) is 81.6 Å². The molecule has 0 aliphatic rings. The molecule has 1 aromatic carbocycles. The fourth-order valence-electron chi connectivity index (χ4n) is 2.25. The first-order valence-corrected chi connectivity index (χ1v) is 7.97. The summed E-state index contributed by atoms with van der Waals surface area (Å²) in [6.07, 6.45) is -5.22. The summed E-state index contributed by atoms with van der Waals surface area (Å²) in [5.41, 5.74) is -3.10. The highest BCUT2D eigenvalue weighted by molar-refractivity contribution is 6.30. The largest absolute Gasteiger partial charge is 0.464 e. The Kier molecular flexibility index (Phi) is 5.94. The van der Waals surface area contributed by atoms with Gasteiger partial charge in [-0.05, 0) is 37.3 Å². The third-order valence-corrected chi connectivity index (χ3v) is 3.84. The van der Waals surface area contributed by atoms with E-state index in [1.807, 2.05) is 5.32 Å². The summed E-state index contributed by atoms with van der Waals surface area (Å²) in [5.74, 6) is -3.02. The Morgan fingerprint density at radius 3 is 2.26 bits per heavy atom. The summed E-state index contributed by atoms with van der Waals surface area (Å²) in [6, 6.07) is 9.52. The van der Waals surface area contributed by atoms with Crippen molar-refractivity contribution in [3.8, 4) is 0 Å². The molecular formula is C17H16ClF3N3O3+. The van der Waals surface area contributed by atoms with E-state index in [4.69, 9.17) is 11.6 Å². The van der Waals surface area contributed by atoms with E-state index in [0.29, 0.717) is 10.7 Å². The predicted octanol–water partition coefficient (Wildman–Crippen LogP) is 2.74. The van der Waals surface area contributed by atoms with Crippen molar-refractivity contribution in [2.24, 2.45) is 0 Å². The summed E-state index contributed by atoms with van der Waals surface area (Å²) in [6.45, 7) is 1.62. The Hall–Kier alpha value is -2.81. The third-order valence-electron chi connectivity index (χ3n) is 3.59. The average molecular weight is 403 g/mol. The van der Waals surface area contributed by atoms with Gasteiger partial charge in [-0.3, -0.25) is 10.1 Å². The zero-order valence-corrected chi connectivity index (χ0v) is 15.0. The third kappa shape index (κ3) is 4.48. The van der Waals surface area contributed by atoms with Crippen molar-refractivity contribution < 1.29 is 32.5 Å². The molecule has 3 N–H and O–H groups in total. The van der Waals surface area contributed by atoms with E-state index in [0.717, 1.165) is 7.11 Å². The summed E-state index contributed by atoms with van der Waals surface area (Å²) >= 11 is 5.71. The van der Waals surface area contributed by atoms with E-state index < -0.39 is 23.7 Å². The maximum atomic E-state index is 13.9. The van der Waals surface area contributed by atoms with E-state index in [1.165, 1.54) is 36.4 Å². The van der Waals surface area contributed by atoms with Crippen molar-refractivity contribution in [2.75, 3.05) is 12.4 Å². The number of esters is 1. The van der Waals surface area contributed by atoms with Crippen LogP contribution < -0.4 is 15.6 Å². The van der Waals surface area contributed by atoms with Crippen molar-refractivity contribution in [2.45, 2.75) is 18.8 Å². The number of hydrogen-bond donors (Lipinski definition) is 2. The number of pyridine rings is 1. The zero-order chi connectivity index (χ0) is 20.2. The molecule has 0 fully saturated rings. The number of aromatic amines is 1. The second-order valence-electron chi connectivity index (χ2n) is 5.57. The number of halogens is 4. The molecule has 0 aliphatic heterocycles. The fourth-order valence-corrected chi connectivity index (χ4v) is 2.37. The number of aryl methyl sites for hydroxylation is 1. The molecule has 0 unspecified atom stereocenters. The highest BCUT2D eigenvalue weighted by Gasteiger charge is 2.67. The monoisotopic (exact) mass is 402 g/mol. The summed E-state index contributed by atoms with van der Waals surface area (Å²) in [4.78, 5) is 27.2. The molecule has 0 spiro atoms. The highest BCUT2D eigenvalue weighted by Crippen LogP contribution is 2.32. The van der Waals surface area contributed by atoms with Gasteiger partial charge in [0.25, 0.3) is 11.7 Å². The van der Waals surface area contributed by atoms with Gasteiger partial charge in [0.05, 0.1) is 12.8 Å². The van der Waals surface area contributed by atoms with Gasteiger partial charge in [-0.15, -0.1) is 0 Å². The van der Waals surface area contributed by atoms with Crippen molar-refractivity contribution in [1.29, 1.82) is 0 Å². The van der Waals surface area contributed by atoms with Gasteiger partial charge in [-0.25, -0.2) is 15.1 Å². The lowest BCUT2D eigenvalue weighted by Crippen LogP contribution is -2.69. The van der Waals surface area contributed by atoms with Gasteiger partial charge < -0.3 is 4.74 Å². The Balaban J connectivity index is 2.48. The van der Waals surface area contributed by atoms with Crippen molar-refractivity contribution >= 4 is 29.3 Å². The van der Waals surface area contributed by atoms with E-state index >= 15 is 0 Å². The molecule has 0 saturated carbocycles. The number of aromatic nitrogens is 1. The summed E-state index contributed by atoms with van der Waals surface area (Å²) in [7, 11) is 0.791. The number of carbonyl (C=O) groups excluding carboxylic acids is 2. The first-order chi connectivity index (χ1) is 12.6. The average Bonchev–Trinajstić information content (AvgIpc) is 2.60. The van der Waals surface area contributed by atoms with Crippen LogP contribution in [-0.2, 0) is 9.53 Å². The van der Waals surface area contributed by atoms with E-state index in [-0.39, 0.29) is 11.4 Å². The second-order valence-corrected chi connectivity index (χ2v) is 6.01. The van der Waals surface area contributed by atoms with Gasteiger partial charge in [0.2, 0.25) is 0 Å². The van der Waals surface area contributed by atoms with Crippen LogP contribution in [0.4, 0.5) is 19.0 Å². The van der Waals surface area contributed by atoms with Crippen LogP contribution in [-0.4, -0.2) is 30.8 Å². The number of methoxy groups -OCH3 is 1. The van der Waals surface area contributed by atoms with Gasteiger partial charge in [0.1, 0.15) is 0 Å². The number of nitrogens with one attached hydrogen (secondary N) is 3. The molecular weight excluding hydrogens is 387 g/mol. The van der Waals surface area contributed by atoms with Crippen LogP contribution in [0.2, 0.25) is 5.02 Å². The van der Waals surface area contributed by atoms with Crippen LogP contribution in [0.15, 0.2) is 42.5 Å². The number of amides is 1. The van der Waals surface area contributed by atoms with Gasteiger partial charge in [0, 0.05) is 16.7 Å². The molecule has 1 heterocycles. The quantitative estimate of drug-likeness (QED) is 0.595. The summed E-state index contributed by atoms with van der Waals surface area (Å²) in [5, 5.41) is 4.04. The second kappa shape index (κ2) is 7.83. The molecule has 144 valence electrons. The number of rotatable bonds is 5. The Morgan fingerprint density at radius 2 is 1.74 bits per heavy atom. The lowest BCUT2D eigenvalue weighted by atomic mass is 10.1. The van der Waals surface area contributed by atoms with Crippen molar-refractivity contribution in [3.63, 3.8) is 0 Å². The maximum Gasteiger partial charge on any atom is 0.464 e. The Morgan fingerprint density at radius 1 is 1.11 bits per heavy atom. The molecule has 6 nitrogen and oxygen atoms in total. The van der Waals surface area contributed by atoms with E-state index in [2.05, 4.69) is 9.72 Å². The molecule has 2 rings (SSSR count). The predicted molar refractivity (Wildman–Crippen MR) is 91.1 cm³/mol. The molecule has 27 heavy (non-hydrogen) atoms. The minimum Gasteiger partial charge on any atom is -0.464 e. The van der Waals surface area contributed by atoms with Gasteiger partial charge in [-0.2, -0.15) is 13.2 Å². The number of H-pyrrole nitrogens is 1. The SMILES string of the molecule is COC(=O)[C@](NC(=O)c1ccc(Cl)cc1)(Nc1cccc(C)[nH+]1)C(F)(F)F. The molecule has 0 bridgehead atoms. The molecule has 1 aromatic heterocycles. The zero-order valence-electron chi connectivity index (χ0n) is 14.3. The molecule has 10 heteroatoms. The lowest BCUT2D eigenvalue weighted by molar-refractivity contribution is -0.372. The molecule has 2 aromatic rings. The van der Waals surface area contributed by atoms with Crippen LogP contribution in [0.1, 0.15) is 16.1 Å². The maximum absolute atomic E-state index is 13.9. The fraction of sp³-hybridized carbons (Fsp3) is 0.235. The van der Waals surface area contributed by atoms with Crippen LogP contribution >= 0.6 is 11.6 Å². The van der Waals surface area contributed by atoms with Crippen LogP contribution in [0.25, 0.3) is 0 Å². The van der Waals surface area contributed by atoms with Crippen molar-refractivity contribution in [1.82, 2.24) is 5.32 Å². The standard InChI is InChI=1S/C17H15ClF3N3O3/c1-10-4-3-5-13(22-10)23-16(15(26)27-2,17(19,20)21)24-14(25)11-6-8-12(18)9-7-11/h3-9H,1-2H3,(H,22,23)(H,24,25)/p+1/t16-/m1/s1. The normalized spacial score (nSPS) is 13.4. The number of benzene rings is 1. The molecule has 0 saturated heterocycles. The number of hydrogen-bond acceptors (Lipinski definition) is 4. The number of carbonyl (C=O) groups is 2. The van der Waals surface area contributed by atoms with Gasteiger partial charge in [-0.1, -0.05) is 17.7 Å². The van der Waals surface area contributed by atoms with Gasteiger partial charge in [0.15, 0.2) is 0 Å². The first kappa shape index (κ1) is 20.5. The molecule has 1 atom stereocenters. The number of alkyl halides is 3. The highest BCUT2D eigenvalue weighted by atomic mass is 35.5. The lowest BCUT2D eigenvalue weighted by Gasteiger charge is -2.30. The van der Waals surface area contributed by atoms with Crippen molar-refractivity contribution in [3.05, 3.63) is 58.7 Å². The van der Waals surface area contributed by atoms with E-state index in [1.54, 1.807) is 18.3 Å². The number of ether oxygens (including phenoxy) is 1. The molecule has 0 radical (unpaired) electrons.